The molecule has 1 N–H and O–H groups in total. The number of hydrogen-bond acceptors (Lipinski definition) is 4. The zero-order valence-electron chi connectivity index (χ0n) is 16.0. The van der Waals surface area contributed by atoms with Crippen LogP contribution in [0.3, 0.4) is 0 Å². The van der Waals surface area contributed by atoms with Crippen molar-refractivity contribution in [1.29, 1.82) is 0 Å². The van der Waals surface area contributed by atoms with Gasteiger partial charge in [-0.15, -0.1) is 0 Å². The molecule has 0 bridgehead atoms. The van der Waals surface area contributed by atoms with Crippen molar-refractivity contribution in [3.8, 4) is 0 Å². The Morgan fingerprint density at radius 1 is 1.03 bits per heavy atom. The molecule has 0 spiro atoms. The van der Waals surface area contributed by atoms with Crippen molar-refractivity contribution in [2.45, 2.75) is 13.1 Å². The Bertz CT molecular complexity index is 1120. The van der Waals surface area contributed by atoms with Crippen LogP contribution in [-0.4, -0.2) is 25.6 Å². The standard InChI is InChI=1S/C21H19Cl2N3O3S/c1-30(28,29)26(20-10-18(22)9-19(23)11-20)14-15-4-6-17(7-5-15)21(27)25-13-16-3-2-8-24-12-16/h2-12H,13-14H2,1H3,(H,25,27). The number of anilines is 1. The predicted molar refractivity (Wildman–Crippen MR) is 119 cm³/mol. The van der Waals surface area contributed by atoms with Crippen LogP contribution in [0.4, 0.5) is 5.69 Å². The molecule has 0 aliphatic rings. The molecule has 156 valence electrons. The minimum absolute atomic E-state index is 0.0765. The molecule has 0 aliphatic carbocycles. The van der Waals surface area contributed by atoms with E-state index >= 15 is 0 Å². The molecule has 0 unspecified atom stereocenters. The average molecular weight is 464 g/mol. The van der Waals surface area contributed by atoms with Crippen LogP contribution in [0.5, 0.6) is 0 Å². The number of nitrogens with one attached hydrogen (secondary N) is 1. The minimum Gasteiger partial charge on any atom is -0.348 e. The monoisotopic (exact) mass is 463 g/mol. The molecule has 3 rings (SSSR count). The average Bonchev–Trinajstić information content (AvgIpc) is 2.70. The molecule has 0 fully saturated rings. The highest BCUT2D eigenvalue weighted by Crippen LogP contribution is 2.28. The molecule has 0 atom stereocenters. The lowest BCUT2D eigenvalue weighted by Gasteiger charge is -2.23. The topological polar surface area (TPSA) is 79.4 Å². The Balaban J connectivity index is 1.73. The van der Waals surface area contributed by atoms with Gasteiger partial charge < -0.3 is 5.32 Å². The summed E-state index contributed by atoms with van der Waals surface area (Å²) >= 11 is 12.0. The van der Waals surface area contributed by atoms with E-state index in [9.17, 15) is 13.2 Å². The molecule has 30 heavy (non-hydrogen) atoms. The zero-order chi connectivity index (χ0) is 21.7. The van der Waals surface area contributed by atoms with E-state index in [1.807, 2.05) is 6.07 Å². The molecule has 1 aromatic heterocycles. The number of sulfonamides is 1. The molecular weight excluding hydrogens is 445 g/mol. The van der Waals surface area contributed by atoms with Crippen molar-refractivity contribution in [2.75, 3.05) is 10.6 Å². The van der Waals surface area contributed by atoms with Crippen LogP contribution in [0.1, 0.15) is 21.5 Å². The molecule has 0 saturated heterocycles. The third-order valence-electron chi connectivity index (χ3n) is 4.25. The van der Waals surface area contributed by atoms with E-state index in [1.54, 1.807) is 42.7 Å². The van der Waals surface area contributed by atoms with Crippen molar-refractivity contribution in [2.24, 2.45) is 0 Å². The number of nitrogens with zero attached hydrogens (tertiary/aromatic N) is 2. The lowest BCUT2D eigenvalue weighted by molar-refractivity contribution is 0.0951. The Kier molecular flexibility index (Phi) is 6.97. The highest BCUT2D eigenvalue weighted by Gasteiger charge is 2.19. The fraction of sp³-hybridized carbons (Fsp3) is 0.143. The van der Waals surface area contributed by atoms with E-state index in [-0.39, 0.29) is 12.5 Å². The van der Waals surface area contributed by atoms with Gasteiger partial charge >= 0.3 is 0 Å². The highest BCUT2D eigenvalue weighted by atomic mass is 35.5. The molecule has 9 heteroatoms. The first-order chi connectivity index (χ1) is 14.2. The first kappa shape index (κ1) is 22.1. The third-order valence-corrected chi connectivity index (χ3v) is 5.83. The number of hydrogen-bond donors (Lipinski definition) is 1. The molecule has 0 radical (unpaired) electrons. The van der Waals surface area contributed by atoms with Crippen molar-refractivity contribution in [1.82, 2.24) is 10.3 Å². The summed E-state index contributed by atoms with van der Waals surface area (Å²) in [4.78, 5) is 16.3. The van der Waals surface area contributed by atoms with Gasteiger partial charge in [0.1, 0.15) is 0 Å². The van der Waals surface area contributed by atoms with Gasteiger partial charge in [-0.1, -0.05) is 41.4 Å². The lowest BCUT2D eigenvalue weighted by Crippen LogP contribution is -2.29. The molecule has 1 heterocycles. The van der Waals surface area contributed by atoms with E-state index in [2.05, 4.69) is 10.3 Å². The van der Waals surface area contributed by atoms with Crippen molar-refractivity contribution >= 4 is 44.8 Å². The van der Waals surface area contributed by atoms with Crippen LogP contribution in [0.15, 0.2) is 67.0 Å². The fourth-order valence-electron chi connectivity index (χ4n) is 2.80. The fourth-order valence-corrected chi connectivity index (χ4v) is 4.18. The molecule has 3 aromatic rings. The van der Waals surface area contributed by atoms with Crippen molar-refractivity contribution < 1.29 is 13.2 Å². The van der Waals surface area contributed by atoms with E-state index in [1.165, 1.54) is 22.5 Å². The maximum absolute atomic E-state index is 12.3. The summed E-state index contributed by atoms with van der Waals surface area (Å²) in [5.41, 5.74) is 2.44. The van der Waals surface area contributed by atoms with E-state index in [0.29, 0.717) is 33.4 Å². The number of amides is 1. The number of aromatic nitrogens is 1. The SMILES string of the molecule is CS(=O)(=O)N(Cc1ccc(C(=O)NCc2cccnc2)cc1)c1cc(Cl)cc(Cl)c1. The smallest absolute Gasteiger partial charge is 0.251 e. The summed E-state index contributed by atoms with van der Waals surface area (Å²) in [7, 11) is -3.58. The summed E-state index contributed by atoms with van der Waals surface area (Å²) in [6, 6.07) is 15.0. The number of halogens is 2. The van der Waals surface area contributed by atoms with Crippen LogP contribution >= 0.6 is 23.2 Å². The van der Waals surface area contributed by atoms with Crippen LogP contribution < -0.4 is 9.62 Å². The molecule has 2 aromatic carbocycles. The second-order valence-electron chi connectivity index (χ2n) is 6.64. The predicted octanol–water partition coefficient (Wildman–Crippen LogP) is 4.28. The van der Waals surface area contributed by atoms with Crippen molar-refractivity contribution in [3.63, 3.8) is 0 Å². The summed E-state index contributed by atoms with van der Waals surface area (Å²) in [5.74, 6) is -0.230. The van der Waals surface area contributed by atoms with Crippen LogP contribution in [0.25, 0.3) is 0 Å². The zero-order valence-corrected chi connectivity index (χ0v) is 18.4. The largest absolute Gasteiger partial charge is 0.348 e. The molecule has 0 saturated carbocycles. The van der Waals surface area contributed by atoms with Gasteiger partial charge in [0.05, 0.1) is 18.5 Å². The van der Waals surface area contributed by atoms with E-state index in [0.717, 1.165) is 11.8 Å². The maximum atomic E-state index is 12.3. The lowest BCUT2D eigenvalue weighted by atomic mass is 10.1. The van der Waals surface area contributed by atoms with Crippen molar-refractivity contribution in [3.05, 3.63) is 93.7 Å². The second-order valence-corrected chi connectivity index (χ2v) is 9.42. The van der Waals surface area contributed by atoms with Gasteiger partial charge in [-0.25, -0.2) is 8.42 Å². The number of carbonyl (C=O) groups excluding carboxylic acids is 1. The van der Waals surface area contributed by atoms with Gasteiger partial charge in [-0.05, 0) is 47.5 Å². The molecule has 1 amide bonds. The first-order valence-electron chi connectivity index (χ1n) is 8.92. The van der Waals surface area contributed by atoms with E-state index < -0.39 is 10.0 Å². The van der Waals surface area contributed by atoms with Crippen LogP contribution in [-0.2, 0) is 23.1 Å². The minimum atomic E-state index is -3.58. The van der Waals surface area contributed by atoms with Gasteiger partial charge in [0, 0.05) is 34.5 Å². The summed E-state index contributed by atoms with van der Waals surface area (Å²) in [5, 5.41) is 3.50. The van der Waals surface area contributed by atoms with Crippen LogP contribution in [0, 0.1) is 0 Å². The maximum Gasteiger partial charge on any atom is 0.251 e. The molecule has 6 nitrogen and oxygen atoms in total. The summed E-state index contributed by atoms with van der Waals surface area (Å²) < 4.78 is 25.9. The molecule has 0 aliphatic heterocycles. The van der Waals surface area contributed by atoms with Gasteiger partial charge in [0.2, 0.25) is 10.0 Å². The summed E-state index contributed by atoms with van der Waals surface area (Å²) in [6.07, 6.45) is 4.47. The first-order valence-corrected chi connectivity index (χ1v) is 11.5. The Morgan fingerprint density at radius 3 is 2.27 bits per heavy atom. The molecular formula is C21H19Cl2N3O3S. The summed E-state index contributed by atoms with van der Waals surface area (Å²) in [6.45, 7) is 0.443. The number of carbonyl (C=O) groups is 1. The third kappa shape index (κ3) is 5.95. The number of rotatable bonds is 7. The Labute approximate surface area is 185 Å². The van der Waals surface area contributed by atoms with Gasteiger partial charge in [0.15, 0.2) is 0 Å². The van der Waals surface area contributed by atoms with Crippen LogP contribution in [0.2, 0.25) is 10.0 Å². The highest BCUT2D eigenvalue weighted by molar-refractivity contribution is 7.92. The number of benzene rings is 2. The van der Waals surface area contributed by atoms with E-state index in [4.69, 9.17) is 23.2 Å². The van der Waals surface area contributed by atoms with Gasteiger partial charge in [0.25, 0.3) is 5.91 Å². The van der Waals surface area contributed by atoms with Gasteiger partial charge in [-0.2, -0.15) is 0 Å². The van der Waals surface area contributed by atoms with Gasteiger partial charge in [-0.3, -0.25) is 14.1 Å². The Hall–Kier alpha value is -2.61. The quantitative estimate of drug-likeness (QED) is 0.566. The number of pyridine rings is 1. The normalized spacial score (nSPS) is 11.2. The second kappa shape index (κ2) is 9.47. The Morgan fingerprint density at radius 2 is 1.70 bits per heavy atom.